The first-order valence-electron chi connectivity index (χ1n) is 8.63. The van der Waals surface area contributed by atoms with Gasteiger partial charge < -0.3 is 19.1 Å². The third kappa shape index (κ3) is 3.55. The van der Waals surface area contributed by atoms with Crippen molar-refractivity contribution in [1.29, 1.82) is 0 Å². The average molecular weight is 371 g/mol. The highest BCUT2D eigenvalue weighted by atomic mass is 19.1. The molecule has 0 unspecified atom stereocenters. The molecule has 0 aliphatic heterocycles. The molecule has 0 atom stereocenters. The monoisotopic (exact) mass is 371 g/mol. The molecule has 4 rings (SSSR count). The van der Waals surface area contributed by atoms with Crippen LogP contribution in [0.15, 0.2) is 47.2 Å². The molecule has 0 aromatic carbocycles. The summed E-state index contributed by atoms with van der Waals surface area (Å²) in [6.45, 7) is 2.34. The molecule has 140 valence electrons. The molecule has 0 saturated heterocycles. The van der Waals surface area contributed by atoms with Gasteiger partial charge in [-0.3, -0.25) is 0 Å². The molecule has 3 aromatic heterocycles. The number of aromatic hydroxyl groups is 1. The van der Waals surface area contributed by atoms with E-state index in [9.17, 15) is 5.11 Å². The Hall–Kier alpha value is -3.16. The predicted octanol–water partition coefficient (Wildman–Crippen LogP) is 3.64. The van der Waals surface area contributed by atoms with Gasteiger partial charge in [0, 0.05) is 49.0 Å². The lowest BCUT2D eigenvalue weighted by molar-refractivity contribution is -0.0487. The Morgan fingerprint density at radius 1 is 1.22 bits per heavy atom. The molecule has 8 heteroatoms. The summed E-state index contributed by atoms with van der Waals surface area (Å²) in [6.07, 6.45) is 3.32. The van der Waals surface area contributed by atoms with E-state index in [1.807, 2.05) is 6.92 Å². The van der Waals surface area contributed by atoms with Crippen LogP contribution in [-0.4, -0.2) is 32.9 Å². The number of rotatable bonds is 6. The van der Waals surface area contributed by atoms with Gasteiger partial charge in [0.2, 0.25) is 11.8 Å². The van der Waals surface area contributed by atoms with Crippen molar-refractivity contribution in [2.45, 2.75) is 31.5 Å². The maximum Gasteiger partial charge on any atom is 0.252 e. The first-order chi connectivity index (χ1) is 13.1. The molecule has 0 radical (unpaired) electrons. The van der Waals surface area contributed by atoms with Crippen LogP contribution in [0, 0.1) is 0 Å². The van der Waals surface area contributed by atoms with Crippen LogP contribution in [0.2, 0.25) is 0 Å². The summed E-state index contributed by atoms with van der Waals surface area (Å²) in [5.74, 6) is 1.04. The van der Waals surface area contributed by atoms with Gasteiger partial charge in [0.05, 0.1) is 6.61 Å². The summed E-state index contributed by atoms with van der Waals surface area (Å²) in [6, 6.07) is 8.11. The first-order valence-corrected chi connectivity index (χ1v) is 8.63. The molecule has 1 aliphatic rings. The van der Waals surface area contributed by atoms with E-state index >= 15 is 4.39 Å². The first kappa shape index (κ1) is 17.3. The summed E-state index contributed by atoms with van der Waals surface area (Å²) in [5.41, 5.74) is -0.241. The van der Waals surface area contributed by atoms with Gasteiger partial charge in [0.15, 0.2) is 5.76 Å². The maximum atomic E-state index is 15.1. The summed E-state index contributed by atoms with van der Waals surface area (Å²) in [5, 5.41) is 12.6. The summed E-state index contributed by atoms with van der Waals surface area (Å²) in [7, 11) is 0. The van der Waals surface area contributed by atoms with Gasteiger partial charge in [0.1, 0.15) is 11.8 Å². The zero-order chi connectivity index (χ0) is 18.9. The average Bonchev–Trinajstić information content (AvgIpc) is 3.08. The van der Waals surface area contributed by atoms with Crippen molar-refractivity contribution in [3.05, 3.63) is 48.3 Å². The molecule has 3 heterocycles. The number of alkyl halides is 1. The van der Waals surface area contributed by atoms with Gasteiger partial charge in [0.25, 0.3) is 5.88 Å². The zero-order valence-electron chi connectivity index (χ0n) is 14.6. The second-order valence-electron chi connectivity index (χ2n) is 6.36. The van der Waals surface area contributed by atoms with E-state index < -0.39 is 5.67 Å². The zero-order valence-corrected chi connectivity index (χ0v) is 14.6. The minimum absolute atomic E-state index is 0.192. The molecule has 3 aromatic rings. The lowest BCUT2D eigenvalue weighted by Gasteiger charge is -2.41. The van der Waals surface area contributed by atoms with Crippen LogP contribution in [0.4, 0.5) is 4.39 Å². The van der Waals surface area contributed by atoms with Crippen molar-refractivity contribution in [1.82, 2.24) is 15.1 Å². The largest absolute Gasteiger partial charge is 0.491 e. The summed E-state index contributed by atoms with van der Waals surface area (Å²) >= 11 is 0. The lowest BCUT2D eigenvalue weighted by Crippen LogP contribution is -2.44. The van der Waals surface area contributed by atoms with Crippen molar-refractivity contribution >= 4 is 0 Å². The van der Waals surface area contributed by atoms with E-state index in [-0.39, 0.29) is 24.8 Å². The Kier molecular flexibility index (Phi) is 4.39. The Balaban J connectivity index is 1.38. The van der Waals surface area contributed by atoms with Gasteiger partial charge in [-0.05, 0) is 29.8 Å². The van der Waals surface area contributed by atoms with Gasteiger partial charge >= 0.3 is 0 Å². The Morgan fingerprint density at radius 2 is 2.07 bits per heavy atom. The second-order valence-corrected chi connectivity index (χ2v) is 6.36. The van der Waals surface area contributed by atoms with Crippen LogP contribution in [0.3, 0.4) is 0 Å². The molecule has 0 amide bonds. The van der Waals surface area contributed by atoms with Crippen LogP contribution < -0.4 is 9.47 Å². The Bertz CT molecular complexity index is 923. The van der Waals surface area contributed by atoms with Crippen LogP contribution in [0.5, 0.6) is 17.6 Å². The number of hydrogen-bond donors (Lipinski definition) is 1. The van der Waals surface area contributed by atoms with Crippen LogP contribution in [0.1, 0.15) is 25.3 Å². The van der Waals surface area contributed by atoms with Crippen LogP contribution >= 0.6 is 0 Å². The highest BCUT2D eigenvalue weighted by Gasteiger charge is 2.48. The molecule has 7 nitrogen and oxygen atoms in total. The summed E-state index contributed by atoms with van der Waals surface area (Å²) in [4.78, 5) is 8.27. The summed E-state index contributed by atoms with van der Waals surface area (Å²) < 4.78 is 31.1. The smallest absolute Gasteiger partial charge is 0.252 e. The van der Waals surface area contributed by atoms with Gasteiger partial charge in [-0.2, -0.15) is 0 Å². The van der Waals surface area contributed by atoms with Crippen molar-refractivity contribution < 1.29 is 23.5 Å². The fraction of sp³-hybridized carbons (Fsp3) is 0.316. The number of hydrogen-bond acceptors (Lipinski definition) is 7. The highest BCUT2D eigenvalue weighted by Crippen LogP contribution is 2.47. The van der Waals surface area contributed by atoms with Crippen molar-refractivity contribution in [3.63, 3.8) is 0 Å². The van der Waals surface area contributed by atoms with Gasteiger partial charge in [-0.25, -0.2) is 14.4 Å². The number of pyridine rings is 2. The van der Waals surface area contributed by atoms with Crippen molar-refractivity contribution in [2.75, 3.05) is 6.61 Å². The standard InChI is InChI=1S/C19H18FN3O4/c1-2-25-18-7-13(5-6-21-18)19(20)9-14(10-19)26-17-4-3-12(11-22-17)15-8-16(24)23-27-15/h3-8,11,14H,2,9-10H2,1H3,(H,23,24)/t14-,19+. The molecule has 1 saturated carbocycles. The predicted molar refractivity (Wildman–Crippen MR) is 93.2 cm³/mol. The Morgan fingerprint density at radius 3 is 2.74 bits per heavy atom. The maximum absolute atomic E-state index is 15.1. The third-order valence-corrected chi connectivity index (χ3v) is 4.45. The molecule has 27 heavy (non-hydrogen) atoms. The van der Waals surface area contributed by atoms with Crippen LogP contribution in [-0.2, 0) is 5.67 Å². The van der Waals surface area contributed by atoms with Crippen molar-refractivity contribution in [3.8, 4) is 29.0 Å². The number of aromatic nitrogens is 3. The molecular formula is C19H18FN3O4. The Labute approximate surface area is 154 Å². The van der Waals surface area contributed by atoms with Crippen LogP contribution in [0.25, 0.3) is 11.3 Å². The van der Waals surface area contributed by atoms with E-state index in [4.69, 9.17) is 14.0 Å². The highest BCUT2D eigenvalue weighted by molar-refractivity contribution is 5.57. The van der Waals surface area contributed by atoms with Crippen molar-refractivity contribution in [2.24, 2.45) is 0 Å². The van der Waals surface area contributed by atoms with E-state index in [1.165, 1.54) is 6.07 Å². The van der Waals surface area contributed by atoms with Gasteiger partial charge in [-0.1, -0.05) is 0 Å². The fourth-order valence-electron chi connectivity index (χ4n) is 3.06. The third-order valence-electron chi connectivity index (χ3n) is 4.45. The number of halogens is 1. The molecule has 1 N–H and O–H groups in total. The lowest BCUT2D eigenvalue weighted by atomic mass is 9.74. The second kappa shape index (κ2) is 6.86. The van der Waals surface area contributed by atoms with E-state index in [0.29, 0.717) is 35.3 Å². The fourth-order valence-corrected chi connectivity index (χ4v) is 3.06. The SMILES string of the molecule is CCOc1cc([C@]2(F)C[C@@H](Oc3ccc(-c4cc(O)no4)cn3)C2)ccn1. The molecule has 1 fully saturated rings. The minimum atomic E-state index is -1.45. The quantitative estimate of drug-likeness (QED) is 0.707. The minimum Gasteiger partial charge on any atom is -0.491 e. The van der Waals surface area contributed by atoms with E-state index in [2.05, 4.69) is 15.1 Å². The number of ether oxygens (including phenoxy) is 2. The normalized spacial score (nSPS) is 21.5. The molecule has 0 bridgehead atoms. The molecule has 1 aliphatic carbocycles. The topological polar surface area (TPSA) is 90.5 Å². The van der Waals surface area contributed by atoms with Gasteiger partial charge in [-0.15, -0.1) is 0 Å². The van der Waals surface area contributed by atoms with E-state index in [1.54, 1.807) is 36.7 Å². The molecular weight excluding hydrogens is 353 g/mol. The van der Waals surface area contributed by atoms with E-state index in [0.717, 1.165) is 0 Å². The number of nitrogens with zero attached hydrogens (tertiary/aromatic N) is 3. The molecule has 0 spiro atoms.